The van der Waals surface area contributed by atoms with Gasteiger partial charge in [0, 0.05) is 6.07 Å². The maximum absolute atomic E-state index is 9.45. The van der Waals surface area contributed by atoms with Gasteiger partial charge in [-0.2, -0.15) is 0 Å². The van der Waals surface area contributed by atoms with E-state index in [-0.39, 0.29) is 6.54 Å². The molecule has 1 aromatic rings. The van der Waals surface area contributed by atoms with Gasteiger partial charge in [-0.1, -0.05) is 0 Å². The molecule has 1 atom stereocenters. The first kappa shape index (κ1) is 9.11. The van der Waals surface area contributed by atoms with Gasteiger partial charge in [0.05, 0.1) is 7.11 Å². The Morgan fingerprint density at radius 3 is 3.07 bits per heavy atom. The average molecular weight is 197 g/mol. The van der Waals surface area contributed by atoms with Gasteiger partial charge in [0.2, 0.25) is 6.29 Å². The monoisotopic (exact) mass is 197 g/mol. The summed E-state index contributed by atoms with van der Waals surface area (Å²) < 4.78 is 10.1. The van der Waals surface area contributed by atoms with Crippen LogP contribution in [0.15, 0.2) is 18.2 Å². The molecule has 0 spiro atoms. The first-order chi connectivity index (χ1) is 6.70. The zero-order valence-electron chi connectivity index (χ0n) is 7.67. The molecule has 1 heterocycles. The van der Waals surface area contributed by atoms with E-state index in [1.807, 2.05) is 0 Å². The van der Waals surface area contributed by atoms with Crippen molar-refractivity contribution < 1.29 is 19.8 Å². The van der Waals surface area contributed by atoms with E-state index >= 15 is 0 Å². The second-order valence-corrected chi connectivity index (χ2v) is 2.99. The van der Waals surface area contributed by atoms with Crippen molar-refractivity contribution >= 4 is 5.69 Å². The SMILES string of the molecule is COc1ccc2c(c1)OC(O)CN2O. The Bertz CT molecular complexity index is 342. The molecule has 1 aliphatic rings. The van der Waals surface area contributed by atoms with Crippen LogP contribution in [-0.2, 0) is 0 Å². The van der Waals surface area contributed by atoms with Crippen LogP contribution in [0.5, 0.6) is 11.5 Å². The van der Waals surface area contributed by atoms with Gasteiger partial charge in [-0.05, 0) is 12.1 Å². The van der Waals surface area contributed by atoms with Gasteiger partial charge in [0.15, 0.2) is 5.75 Å². The number of nitrogens with zero attached hydrogens (tertiary/aromatic N) is 1. The summed E-state index contributed by atoms with van der Waals surface area (Å²) in [7, 11) is 1.54. The number of fused-ring (bicyclic) bond motifs is 1. The molecule has 0 amide bonds. The minimum atomic E-state index is -1.01. The Kier molecular flexibility index (Phi) is 2.18. The quantitative estimate of drug-likeness (QED) is 0.690. The number of hydrogen-bond donors (Lipinski definition) is 2. The molecule has 5 nitrogen and oxygen atoms in total. The zero-order chi connectivity index (χ0) is 10.1. The number of anilines is 1. The topological polar surface area (TPSA) is 62.2 Å². The Morgan fingerprint density at radius 1 is 1.57 bits per heavy atom. The van der Waals surface area contributed by atoms with Gasteiger partial charge in [-0.25, -0.2) is 5.06 Å². The fraction of sp³-hybridized carbons (Fsp3) is 0.333. The number of ether oxygens (including phenoxy) is 2. The summed E-state index contributed by atoms with van der Waals surface area (Å²) in [6.45, 7) is 0.0410. The molecule has 0 aromatic heterocycles. The lowest BCUT2D eigenvalue weighted by Crippen LogP contribution is -2.37. The molecular weight excluding hydrogens is 186 g/mol. The highest BCUT2D eigenvalue weighted by molar-refractivity contribution is 5.60. The first-order valence-electron chi connectivity index (χ1n) is 4.20. The summed E-state index contributed by atoms with van der Waals surface area (Å²) in [5.41, 5.74) is 0.524. The highest BCUT2D eigenvalue weighted by Gasteiger charge is 2.23. The van der Waals surface area contributed by atoms with Crippen LogP contribution in [0.3, 0.4) is 0 Å². The fourth-order valence-electron chi connectivity index (χ4n) is 1.36. The molecule has 76 valence electrons. The predicted molar refractivity (Wildman–Crippen MR) is 48.8 cm³/mol. The number of hydrogen-bond acceptors (Lipinski definition) is 5. The molecule has 0 saturated heterocycles. The van der Waals surface area contributed by atoms with E-state index in [1.54, 1.807) is 18.2 Å². The Hall–Kier alpha value is -1.46. The molecule has 0 saturated carbocycles. The lowest BCUT2D eigenvalue weighted by atomic mass is 10.2. The molecule has 2 rings (SSSR count). The van der Waals surface area contributed by atoms with Crippen molar-refractivity contribution in [3.05, 3.63) is 18.2 Å². The van der Waals surface area contributed by atoms with Gasteiger partial charge in [0.25, 0.3) is 0 Å². The second kappa shape index (κ2) is 3.36. The molecule has 1 aromatic carbocycles. The number of β-amino-alcohol motifs (C(OH)–C–C–N with tert-alkyl or cyclic N) is 1. The van der Waals surface area contributed by atoms with Crippen LogP contribution in [0.4, 0.5) is 5.69 Å². The molecule has 0 bridgehead atoms. The minimum Gasteiger partial charge on any atom is -0.497 e. The summed E-state index contributed by atoms with van der Waals surface area (Å²) in [6.07, 6.45) is -1.01. The van der Waals surface area contributed by atoms with E-state index in [0.717, 1.165) is 5.06 Å². The predicted octanol–water partition coefficient (Wildman–Crippen LogP) is 0.602. The number of benzene rings is 1. The van der Waals surface area contributed by atoms with Gasteiger partial charge >= 0.3 is 0 Å². The van der Waals surface area contributed by atoms with E-state index in [9.17, 15) is 10.3 Å². The molecule has 5 heteroatoms. The zero-order valence-corrected chi connectivity index (χ0v) is 7.67. The van der Waals surface area contributed by atoms with Crippen molar-refractivity contribution in [3.8, 4) is 11.5 Å². The van der Waals surface area contributed by atoms with Gasteiger partial charge in [-0.3, -0.25) is 5.21 Å². The summed E-state index contributed by atoms with van der Waals surface area (Å²) in [5.74, 6) is 1.02. The Labute approximate surface area is 81.0 Å². The first-order valence-corrected chi connectivity index (χ1v) is 4.20. The van der Waals surface area contributed by atoms with Crippen molar-refractivity contribution in [2.75, 3.05) is 18.7 Å². The maximum Gasteiger partial charge on any atom is 0.217 e. The molecule has 0 aliphatic carbocycles. The smallest absolute Gasteiger partial charge is 0.217 e. The van der Waals surface area contributed by atoms with Crippen LogP contribution in [0.25, 0.3) is 0 Å². The third kappa shape index (κ3) is 1.47. The Morgan fingerprint density at radius 2 is 2.36 bits per heavy atom. The van der Waals surface area contributed by atoms with Gasteiger partial charge in [-0.15, -0.1) is 0 Å². The van der Waals surface area contributed by atoms with E-state index in [4.69, 9.17) is 9.47 Å². The molecule has 0 radical (unpaired) electrons. The van der Waals surface area contributed by atoms with Crippen molar-refractivity contribution in [2.24, 2.45) is 0 Å². The number of rotatable bonds is 1. The average Bonchev–Trinajstić information content (AvgIpc) is 2.16. The standard InChI is InChI=1S/C9H11NO4/c1-13-6-2-3-7-8(4-6)14-9(11)5-10(7)12/h2-4,9,11-12H,5H2,1H3. The van der Waals surface area contributed by atoms with Crippen molar-refractivity contribution in [1.29, 1.82) is 0 Å². The molecule has 0 fully saturated rings. The van der Waals surface area contributed by atoms with Crippen LogP contribution in [-0.4, -0.2) is 30.3 Å². The van der Waals surface area contributed by atoms with Crippen LogP contribution in [0.2, 0.25) is 0 Å². The lowest BCUT2D eigenvalue weighted by molar-refractivity contribution is -0.0337. The van der Waals surface area contributed by atoms with Gasteiger partial charge in [0.1, 0.15) is 18.0 Å². The third-order valence-electron chi connectivity index (χ3n) is 2.04. The van der Waals surface area contributed by atoms with Crippen LogP contribution in [0.1, 0.15) is 0 Å². The summed E-state index contributed by atoms with van der Waals surface area (Å²) in [5, 5.41) is 19.6. The number of aliphatic hydroxyl groups is 1. The highest BCUT2D eigenvalue weighted by atomic mass is 16.6. The van der Waals surface area contributed by atoms with Crippen LogP contribution < -0.4 is 14.5 Å². The maximum atomic E-state index is 9.45. The van der Waals surface area contributed by atoms with Crippen LogP contribution in [0, 0.1) is 0 Å². The largest absolute Gasteiger partial charge is 0.497 e. The minimum absolute atomic E-state index is 0.0410. The van der Waals surface area contributed by atoms with Crippen molar-refractivity contribution in [3.63, 3.8) is 0 Å². The van der Waals surface area contributed by atoms with Crippen molar-refractivity contribution in [1.82, 2.24) is 0 Å². The molecule has 14 heavy (non-hydrogen) atoms. The Balaban J connectivity index is 2.39. The highest BCUT2D eigenvalue weighted by Crippen LogP contribution is 2.34. The van der Waals surface area contributed by atoms with E-state index in [1.165, 1.54) is 7.11 Å². The molecule has 2 N–H and O–H groups in total. The summed E-state index contributed by atoms with van der Waals surface area (Å²) >= 11 is 0. The fourth-order valence-corrected chi connectivity index (χ4v) is 1.36. The molecule has 1 aliphatic heterocycles. The number of methoxy groups -OCH3 is 1. The summed E-state index contributed by atoms with van der Waals surface area (Å²) in [6, 6.07) is 4.99. The van der Waals surface area contributed by atoms with Gasteiger partial charge < -0.3 is 14.6 Å². The normalized spacial score (nSPS) is 19.9. The van der Waals surface area contributed by atoms with Crippen molar-refractivity contribution in [2.45, 2.75) is 6.29 Å². The third-order valence-corrected chi connectivity index (χ3v) is 2.04. The van der Waals surface area contributed by atoms with Crippen LogP contribution >= 0.6 is 0 Å². The second-order valence-electron chi connectivity index (χ2n) is 2.99. The number of aliphatic hydroxyl groups excluding tert-OH is 1. The molecule has 1 unspecified atom stereocenters. The van der Waals surface area contributed by atoms with E-state index < -0.39 is 6.29 Å². The van der Waals surface area contributed by atoms with E-state index in [2.05, 4.69) is 0 Å². The number of hydroxylamine groups is 1. The van der Waals surface area contributed by atoms with E-state index in [0.29, 0.717) is 17.2 Å². The molecular formula is C9H11NO4. The summed E-state index contributed by atoms with van der Waals surface area (Å²) in [4.78, 5) is 0. The lowest BCUT2D eigenvalue weighted by Gasteiger charge is -2.29.